The smallest absolute Gasteiger partial charge is 0.198 e. The van der Waals surface area contributed by atoms with Crippen LogP contribution in [0.15, 0.2) is 24.3 Å². The first-order valence-corrected chi connectivity index (χ1v) is 6.19. The summed E-state index contributed by atoms with van der Waals surface area (Å²) in [6.07, 6.45) is 0. The molecule has 0 aliphatic rings. The third-order valence-electron chi connectivity index (χ3n) is 3.16. The van der Waals surface area contributed by atoms with Crippen molar-refractivity contribution in [2.24, 2.45) is 0 Å². The van der Waals surface area contributed by atoms with Crippen LogP contribution in [0.2, 0.25) is 0 Å². The van der Waals surface area contributed by atoms with E-state index in [4.69, 9.17) is 4.74 Å². The topological polar surface area (TPSA) is 26.3 Å². The first-order chi connectivity index (χ1) is 9.85. The number of ketones is 1. The van der Waals surface area contributed by atoms with Gasteiger partial charge >= 0.3 is 0 Å². The average molecular weight is 294 g/mol. The van der Waals surface area contributed by atoms with Gasteiger partial charge in [0.25, 0.3) is 0 Å². The number of hydrogen-bond donors (Lipinski definition) is 0. The zero-order valence-electron chi connectivity index (χ0n) is 11.8. The van der Waals surface area contributed by atoms with Gasteiger partial charge in [-0.15, -0.1) is 0 Å². The van der Waals surface area contributed by atoms with Crippen molar-refractivity contribution in [2.75, 3.05) is 7.11 Å². The Hall–Kier alpha value is -2.30. The molecule has 21 heavy (non-hydrogen) atoms. The van der Waals surface area contributed by atoms with Gasteiger partial charge in [-0.2, -0.15) is 0 Å². The van der Waals surface area contributed by atoms with Crippen molar-refractivity contribution in [3.8, 4) is 5.75 Å². The van der Waals surface area contributed by atoms with Crippen molar-refractivity contribution in [1.29, 1.82) is 0 Å². The molecule has 0 atom stereocenters. The molecule has 0 spiro atoms. The lowest BCUT2D eigenvalue weighted by atomic mass is 9.98. The van der Waals surface area contributed by atoms with Crippen LogP contribution in [0.1, 0.15) is 27.0 Å². The van der Waals surface area contributed by atoms with Crippen molar-refractivity contribution in [3.63, 3.8) is 0 Å². The highest BCUT2D eigenvalue weighted by atomic mass is 19.1. The van der Waals surface area contributed by atoms with Gasteiger partial charge in [0.2, 0.25) is 0 Å². The van der Waals surface area contributed by atoms with Gasteiger partial charge in [0.05, 0.1) is 12.7 Å². The third-order valence-corrected chi connectivity index (χ3v) is 3.16. The standard InChI is InChI=1S/C16H13F3O2/c1-8-4-10(5-9(2)16(8)21-3)15(20)14-12(18)6-11(17)7-13(14)19/h4-7H,1-3H3. The summed E-state index contributed by atoms with van der Waals surface area (Å²) in [7, 11) is 1.50. The number of methoxy groups -OCH3 is 1. The highest BCUT2D eigenvalue weighted by molar-refractivity contribution is 6.09. The van der Waals surface area contributed by atoms with E-state index >= 15 is 0 Å². The number of aryl methyl sites for hydroxylation is 2. The van der Waals surface area contributed by atoms with E-state index in [9.17, 15) is 18.0 Å². The molecule has 0 fully saturated rings. The van der Waals surface area contributed by atoms with Gasteiger partial charge in [0.1, 0.15) is 23.2 Å². The summed E-state index contributed by atoms with van der Waals surface area (Å²) in [5.41, 5.74) is 0.697. The van der Waals surface area contributed by atoms with Crippen LogP contribution in [0.4, 0.5) is 13.2 Å². The second-order valence-electron chi connectivity index (χ2n) is 4.72. The summed E-state index contributed by atoms with van der Waals surface area (Å²) in [6.45, 7) is 3.44. The predicted octanol–water partition coefficient (Wildman–Crippen LogP) is 3.96. The highest BCUT2D eigenvalue weighted by Crippen LogP contribution is 2.27. The van der Waals surface area contributed by atoms with Crippen LogP contribution in [0, 0.1) is 31.3 Å². The molecule has 0 amide bonds. The van der Waals surface area contributed by atoms with Crippen LogP contribution in [0.3, 0.4) is 0 Å². The second kappa shape index (κ2) is 5.60. The number of rotatable bonds is 3. The SMILES string of the molecule is COc1c(C)cc(C(=O)c2c(F)cc(F)cc2F)cc1C. The summed E-state index contributed by atoms with van der Waals surface area (Å²) < 4.78 is 45.4. The minimum atomic E-state index is -1.22. The largest absolute Gasteiger partial charge is 0.496 e. The molecule has 0 radical (unpaired) electrons. The number of carbonyl (C=O) groups is 1. The second-order valence-corrected chi connectivity index (χ2v) is 4.72. The Kier molecular flexibility index (Phi) is 4.02. The lowest BCUT2D eigenvalue weighted by Gasteiger charge is -2.11. The lowest BCUT2D eigenvalue weighted by Crippen LogP contribution is -2.09. The van der Waals surface area contributed by atoms with E-state index < -0.39 is 28.8 Å². The summed E-state index contributed by atoms with van der Waals surface area (Å²) >= 11 is 0. The van der Waals surface area contributed by atoms with Crippen LogP contribution in [0.25, 0.3) is 0 Å². The maximum absolute atomic E-state index is 13.7. The quantitative estimate of drug-likeness (QED) is 0.801. The Morgan fingerprint density at radius 1 is 0.952 bits per heavy atom. The maximum atomic E-state index is 13.7. The molecule has 0 saturated heterocycles. The zero-order valence-corrected chi connectivity index (χ0v) is 11.8. The Morgan fingerprint density at radius 3 is 1.86 bits per heavy atom. The van der Waals surface area contributed by atoms with Crippen molar-refractivity contribution in [1.82, 2.24) is 0 Å². The molecule has 0 N–H and O–H groups in total. The summed E-state index contributed by atoms with van der Waals surface area (Å²) in [5.74, 6) is -3.73. The molecule has 0 aliphatic heterocycles. The summed E-state index contributed by atoms with van der Waals surface area (Å²) in [4.78, 5) is 12.3. The number of carbonyl (C=O) groups excluding carboxylic acids is 1. The fourth-order valence-corrected chi connectivity index (χ4v) is 2.31. The third kappa shape index (κ3) is 2.77. The van der Waals surface area contributed by atoms with Crippen molar-refractivity contribution in [2.45, 2.75) is 13.8 Å². The number of hydrogen-bond acceptors (Lipinski definition) is 2. The molecule has 2 rings (SSSR count). The van der Waals surface area contributed by atoms with E-state index in [1.807, 2.05) is 0 Å². The van der Waals surface area contributed by atoms with Crippen molar-refractivity contribution in [3.05, 3.63) is 64.0 Å². The van der Waals surface area contributed by atoms with Crippen LogP contribution in [-0.4, -0.2) is 12.9 Å². The Labute approximate surface area is 120 Å². The normalized spacial score (nSPS) is 10.6. The molecule has 2 aromatic carbocycles. The van der Waals surface area contributed by atoms with Gasteiger partial charge in [-0.05, 0) is 37.1 Å². The van der Waals surface area contributed by atoms with Crippen molar-refractivity contribution < 1.29 is 22.7 Å². The van der Waals surface area contributed by atoms with Gasteiger partial charge in [0, 0.05) is 17.7 Å². The van der Waals surface area contributed by atoms with Gasteiger partial charge in [-0.3, -0.25) is 4.79 Å². The Bertz CT molecular complexity index is 677. The fraction of sp³-hybridized carbons (Fsp3) is 0.188. The molecule has 0 aromatic heterocycles. The summed E-state index contributed by atoms with van der Waals surface area (Å²) in [5, 5.41) is 0. The van der Waals surface area contributed by atoms with Crippen LogP contribution < -0.4 is 4.74 Å². The molecule has 0 aliphatic carbocycles. The van der Waals surface area contributed by atoms with Gasteiger partial charge in [-0.1, -0.05) is 0 Å². The minimum absolute atomic E-state index is 0.121. The fourth-order valence-electron chi connectivity index (χ4n) is 2.31. The number of ether oxygens (including phenoxy) is 1. The lowest BCUT2D eigenvalue weighted by molar-refractivity contribution is 0.103. The van der Waals surface area contributed by atoms with Crippen LogP contribution >= 0.6 is 0 Å². The Morgan fingerprint density at radius 2 is 1.43 bits per heavy atom. The van der Waals surface area contributed by atoms with Gasteiger partial charge in [0.15, 0.2) is 5.78 Å². The highest BCUT2D eigenvalue weighted by Gasteiger charge is 2.21. The summed E-state index contributed by atoms with van der Waals surface area (Å²) in [6, 6.07) is 3.94. The predicted molar refractivity (Wildman–Crippen MR) is 72.2 cm³/mol. The van der Waals surface area contributed by atoms with Crippen LogP contribution in [-0.2, 0) is 0 Å². The molecule has 0 heterocycles. The van der Waals surface area contributed by atoms with Crippen molar-refractivity contribution >= 4 is 5.78 Å². The average Bonchev–Trinajstić information content (AvgIpc) is 2.36. The van der Waals surface area contributed by atoms with Gasteiger partial charge in [-0.25, -0.2) is 13.2 Å². The molecular weight excluding hydrogens is 281 g/mol. The zero-order chi connectivity index (χ0) is 15.7. The van der Waals surface area contributed by atoms with E-state index in [0.717, 1.165) is 0 Å². The molecule has 5 heteroatoms. The number of benzene rings is 2. The van der Waals surface area contributed by atoms with E-state index in [1.165, 1.54) is 19.2 Å². The van der Waals surface area contributed by atoms with E-state index in [2.05, 4.69) is 0 Å². The maximum Gasteiger partial charge on any atom is 0.198 e. The first-order valence-electron chi connectivity index (χ1n) is 6.19. The van der Waals surface area contributed by atoms with Gasteiger partial charge < -0.3 is 4.74 Å². The van der Waals surface area contributed by atoms with Crippen LogP contribution in [0.5, 0.6) is 5.75 Å². The first kappa shape index (κ1) is 15.1. The molecule has 0 bridgehead atoms. The van der Waals surface area contributed by atoms with E-state index in [0.29, 0.717) is 29.0 Å². The van der Waals surface area contributed by atoms with E-state index in [-0.39, 0.29) is 5.56 Å². The number of halogens is 3. The molecule has 0 unspecified atom stereocenters. The van der Waals surface area contributed by atoms with E-state index in [1.54, 1.807) is 13.8 Å². The molecule has 110 valence electrons. The molecule has 0 saturated carbocycles. The molecular formula is C16H13F3O2. The monoisotopic (exact) mass is 294 g/mol. The molecule has 2 nitrogen and oxygen atoms in total. The minimum Gasteiger partial charge on any atom is -0.496 e. The Balaban J connectivity index is 2.56. The molecule has 2 aromatic rings.